The van der Waals surface area contributed by atoms with E-state index in [-0.39, 0.29) is 71.3 Å². The minimum Gasteiger partial charge on any atom is -1.00 e. The topological polar surface area (TPSA) is 0 Å². The molecule has 0 N–H and O–H groups in total. The molecule has 0 aliphatic rings. The molecule has 0 unspecified atom stereocenters. The molecule has 0 fully saturated rings. The Hall–Kier alpha value is 1.00. The molecule has 0 bridgehead atoms. The maximum absolute atomic E-state index is 2.19. The molecule has 0 aromatic heterocycles. The summed E-state index contributed by atoms with van der Waals surface area (Å²) in [5.41, 5.74) is 2.63. The van der Waals surface area contributed by atoms with Crippen LogP contribution < -0.4 is 58.9 Å². The molecular weight excluding hydrogens is 346 g/mol. The summed E-state index contributed by atoms with van der Waals surface area (Å²) in [4.78, 5) is 0. The summed E-state index contributed by atoms with van der Waals surface area (Å²) in [5.74, 6) is 0. The Morgan fingerprint density at radius 2 is 0.947 bits per heavy atom. The van der Waals surface area contributed by atoms with Crippen molar-refractivity contribution in [3.63, 3.8) is 0 Å². The number of rotatable bonds is 2. The molecule has 92 valence electrons. The van der Waals surface area contributed by atoms with Crippen LogP contribution in [0.4, 0.5) is 0 Å². The zero-order chi connectivity index (χ0) is 10.7. The van der Waals surface area contributed by atoms with Crippen LogP contribution in [0.25, 0.3) is 0 Å². The molecule has 19 heavy (non-hydrogen) atoms. The molecule has 0 nitrogen and oxygen atoms in total. The van der Waals surface area contributed by atoms with E-state index < -0.39 is 0 Å². The molecule has 0 amide bonds. The summed E-state index contributed by atoms with van der Waals surface area (Å²) in [6.45, 7) is 4.24. The van der Waals surface area contributed by atoms with Gasteiger partial charge in [-0.05, 0) is 13.8 Å². The second-order valence-electron chi connectivity index (χ2n) is 3.78. The minimum absolute atomic E-state index is 0. The van der Waals surface area contributed by atoms with Crippen LogP contribution in [0.3, 0.4) is 0 Å². The predicted molar refractivity (Wildman–Crippen MR) is 74.3 cm³/mol. The van der Waals surface area contributed by atoms with Gasteiger partial charge in [-0.2, -0.15) is 0 Å². The van der Waals surface area contributed by atoms with E-state index in [9.17, 15) is 0 Å². The van der Waals surface area contributed by atoms with Crippen LogP contribution in [0.15, 0.2) is 48.5 Å². The van der Waals surface area contributed by atoms with Crippen LogP contribution in [0.5, 0.6) is 0 Å². The van der Waals surface area contributed by atoms with Gasteiger partial charge in [-0.3, -0.25) is 0 Å². The standard InChI is InChI=1S/C14H14P.BrH.ClH.Li.Mg/c1-11-3-7-13(8-4-11)15-14-9-5-12(2)6-10-14;;;;/h3-10H,1-2H3;2*1H;;/q-1;;;+1;+2/p-2. The number of halogens is 2. The van der Waals surface area contributed by atoms with Crippen LogP contribution in [-0.4, -0.2) is 23.1 Å². The third-order valence-corrected chi connectivity index (χ3v) is 3.44. The third-order valence-electron chi connectivity index (χ3n) is 2.33. The van der Waals surface area contributed by atoms with E-state index >= 15 is 0 Å². The van der Waals surface area contributed by atoms with E-state index in [1.165, 1.54) is 30.3 Å². The second kappa shape index (κ2) is 12.7. The molecule has 0 aliphatic carbocycles. The molecule has 0 spiro atoms. The fraction of sp³-hybridized carbons (Fsp3) is 0.143. The Morgan fingerprint density at radius 3 is 1.21 bits per heavy atom. The molecular formula is C14H14BrClLiMgP. The van der Waals surface area contributed by atoms with Crippen LogP contribution in [-0.2, 0) is 0 Å². The Kier molecular flexibility index (Phi) is 16.7. The molecule has 2 rings (SSSR count). The van der Waals surface area contributed by atoms with Crippen molar-refractivity contribution in [3.8, 4) is 0 Å². The molecule has 2 aromatic carbocycles. The normalized spacial score (nSPS) is 8.11. The first-order valence-electron chi connectivity index (χ1n) is 5.09. The van der Waals surface area contributed by atoms with Gasteiger partial charge >= 0.3 is 41.9 Å². The van der Waals surface area contributed by atoms with Crippen LogP contribution >= 0.6 is 8.58 Å². The van der Waals surface area contributed by atoms with Gasteiger partial charge in [-0.15, -0.1) is 0 Å². The van der Waals surface area contributed by atoms with Crippen molar-refractivity contribution in [1.29, 1.82) is 0 Å². The van der Waals surface area contributed by atoms with Crippen molar-refractivity contribution in [1.82, 2.24) is 0 Å². The van der Waals surface area contributed by atoms with Crippen molar-refractivity contribution in [2.24, 2.45) is 0 Å². The number of hydrogen-bond acceptors (Lipinski definition) is 0. The van der Waals surface area contributed by atoms with Crippen molar-refractivity contribution >= 4 is 42.2 Å². The van der Waals surface area contributed by atoms with Crippen LogP contribution in [0, 0.1) is 13.8 Å². The molecule has 5 heteroatoms. The van der Waals surface area contributed by atoms with Gasteiger partial charge in [0.15, 0.2) is 0 Å². The number of aryl methyl sites for hydroxylation is 2. The number of hydrogen-bond donors (Lipinski definition) is 0. The largest absolute Gasteiger partial charge is 2.00 e. The van der Waals surface area contributed by atoms with Crippen LogP contribution in [0.1, 0.15) is 11.1 Å². The number of benzene rings is 2. The summed E-state index contributed by atoms with van der Waals surface area (Å²) < 4.78 is 0. The van der Waals surface area contributed by atoms with Gasteiger partial charge in [0.25, 0.3) is 0 Å². The van der Waals surface area contributed by atoms with Gasteiger partial charge in [0.1, 0.15) is 0 Å². The first kappa shape index (κ1) is 25.0. The minimum atomic E-state index is 0. The van der Waals surface area contributed by atoms with Crippen molar-refractivity contribution in [3.05, 3.63) is 59.7 Å². The quantitative estimate of drug-likeness (QED) is 0.370. The Bertz CT molecular complexity index is 405. The van der Waals surface area contributed by atoms with Crippen LogP contribution in [0.2, 0.25) is 0 Å². The van der Waals surface area contributed by atoms with Gasteiger partial charge in [-0.25, -0.2) is 10.6 Å². The fourth-order valence-electron chi connectivity index (χ4n) is 1.39. The molecule has 0 atom stereocenters. The molecule has 0 saturated heterocycles. The monoisotopic (exact) mass is 358 g/mol. The Morgan fingerprint density at radius 1 is 0.684 bits per heavy atom. The van der Waals surface area contributed by atoms with Gasteiger partial charge in [0.2, 0.25) is 0 Å². The average molecular weight is 360 g/mol. The maximum Gasteiger partial charge on any atom is 2.00 e. The smallest absolute Gasteiger partial charge is 1.00 e. The zero-order valence-electron chi connectivity index (χ0n) is 11.5. The van der Waals surface area contributed by atoms with Gasteiger partial charge in [0.05, 0.1) is 0 Å². The van der Waals surface area contributed by atoms with E-state index in [1.54, 1.807) is 0 Å². The Balaban J connectivity index is -0.000000640. The summed E-state index contributed by atoms with van der Waals surface area (Å²) >= 11 is 0. The van der Waals surface area contributed by atoms with Crippen molar-refractivity contribution in [2.45, 2.75) is 13.8 Å². The summed E-state index contributed by atoms with van der Waals surface area (Å²) in [7, 11) is 1.29. The van der Waals surface area contributed by atoms with Gasteiger partial charge in [0, 0.05) is 0 Å². The van der Waals surface area contributed by atoms with Gasteiger partial charge in [-0.1, -0.05) is 59.7 Å². The van der Waals surface area contributed by atoms with Gasteiger partial charge < -0.3 is 38.0 Å². The maximum atomic E-state index is 2.19. The molecule has 0 radical (unpaired) electrons. The molecule has 0 saturated carbocycles. The van der Waals surface area contributed by atoms with E-state index in [1.807, 2.05) is 0 Å². The summed E-state index contributed by atoms with van der Waals surface area (Å²) in [6.07, 6.45) is 0. The SMILES string of the molecule is Cc1ccc([P-]c2ccc(C)cc2)cc1.[Br-].[Cl-].[Li+].[Mg+2]. The Labute approximate surface area is 162 Å². The van der Waals surface area contributed by atoms with E-state index in [2.05, 4.69) is 62.4 Å². The molecule has 2 aromatic rings. The van der Waals surface area contributed by atoms with Crippen molar-refractivity contribution < 1.29 is 48.2 Å². The predicted octanol–water partition coefficient (Wildman–Crippen LogP) is -6.17. The van der Waals surface area contributed by atoms with E-state index in [0.29, 0.717) is 0 Å². The zero-order valence-corrected chi connectivity index (χ0v) is 16.2. The van der Waals surface area contributed by atoms with Crippen molar-refractivity contribution in [2.75, 3.05) is 0 Å². The third kappa shape index (κ3) is 8.79. The first-order chi connectivity index (χ1) is 7.24. The fourth-order valence-corrected chi connectivity index (χ4v) is 2.28. The second-order valence-corrected chi connectivity index (χ2v) is 5.04. The first-order valence-corrected chi connectivity index (χ1v) is 5.98. The average Bonchev–Trinajstić information content (AvgIpc) is 2.25. The molecule has 0 heterocycles. The summed E-state index contributed by atoms with van der Waals surface area (Å²) in [5, 5.41) is 2.70. The molecule has 0 aliphatic heterocycles. The summed E-state index contributed by atoms with van der Waals surface area (Å²) in [6, 6.07) is 17.4. The van der Waals surface area contributed by atoms with E-state index in [4.69, 9.17) is 0 Å². The van der Waals surface area contributed by atoms with E-state index in [0.717, 1.165) is 0 Å².